The summed E-state index contributed by atoms with van der Waals surface area (Å²) < 4.78 is 57.5. The monoisotopic (exact) mass is 600 g/mol. The molecule has 1 N–H and O–H groups in total. The van der Waals surface area contributed by atoms with Gasteiger partial charge in [0.25, 0.3) is 0 Å². The highest BCUT2D eigenvalue weighted by Gasteiger charge is 2.44. The quantitative estimate of drug-likeness (QED) is 0.145. The van der Waals surface area contributed by atoms with Crippen LogP contribution in [0.25, 0.3) is 22.3 Å². The van der Waals surface area contributed by atoms with Crippen LogP contribution in [0.2, 0.25) is 0 Å². The number of benzene rings is 4. The Labute approximate surface area is 245 Å². The third-order valence-electron chi connectivity index (χ3n) is 6.44. The van der Waals surface area contributed by atoms with Gasteiger partial charge in [-0.3, -0.25) is 4.55 Å². The Hall–Kier alpha value is -3.07. The lowest BCUT2D eigenvalue weighted by atomic mass is 9.92. The van der Waals surface area contributed by atoms with Crippen LogP contribution in [0.15, 0.2) is 107 Å². The van der Waals surface area contributed by atoms with Crippen molar-refractivity contribution in [1.82, 2.24) is 0 Å². The Morgan fingerprint density at radius 1 is 0.683 bits per heavy atom. The molecule has 0 fully saturated rings. The normalized spacial score (nSPS) is 11.6. The van der Waals surface area contributed by atoms with E-state index >= 15 is 0 Å². The van der Waals surface area contributed by atoms with Crippen LogP contribution >= 0.6 is 11.8 Å². The van der Waals surface area contributed by atoms with E-state index in [1.807, 2.05) is 11.8 Å². The van der Waals surface area contributed by atoms with Crippen LogP contribution in [0.4, 0.5) is 13.2 Å². The number of rotatable bonds is 10. The maximum Gasteiger partial charge on any atom is 0.522 e. The summed E-state index contributed by atoms with van der Waals surface area (Å²) >= 11 is 1.85. The SMILES string of the molecule is CCCCc1ccc(-c2cccc(Sc3ccccc3)c2-c2ccc(CCCC)cc2)cc1.O=S(=O)(O)C(F)(F)F. The standard InChI is InChI=1S/C32H34S.CHF3O3S/c1-3-5-11-25-17-21-27(22-18-25)30-15-10-16-31(33-29-13-8-7-9-14-29)32(30)28-23-19-26(20-24-28)12-6-4-2;2-1(3,4)8(5,6)7/h7-10,13-24H,3-6,11-12H2,1-2H3;(H,5,6,7). The molecule has 0 aliphatic rings. The highest BCUT2D eigenvalue weighted by Crippen LogP contribution is 2.42. The molecule has 0 aromatic heterocycles. The van der Waals surface area contributed by atoms with Crippen molar-refractivity contribution < 1.29 is 26.1 Å². The Morgan fingerprint density at radius 3 is 1.63 bits per heavy atom. The molecule has 0 unspecified atom stereocenters. The van der Waals surface area contributed by atoms with Crippen LogP contribution in [0.5, 0.6) is 0 Å². The molecule has 0 aliphatic carbocycles. The Morgan fingerprint density at radius 2 is 1.17 bits per heavy atom. The first-order valence-electron chi connectivity index (χ1n) is 13.6. The van der Waals surface area contributed by atoms with Crippen molar-refractivity contribution in [3.8, 4) is 22.3 Å². The van der Waals surface area contributed by atoms with Crippen LogP contribution in [0, 0.1) is 0 Å². The average molecular weight is 601 g/mol. The summed E-state index contributed by atoms with van der Waals surface area (Å²) in [5.74, 6) is 0. The number of halogens is 3. The topological polar surface area (TPSA) is 54.4 Å². The van der Waals surface area contributed by atoms with E-state index in [1.165, 1.54) is 68.9 Å². The lowest BCUT2D eigenvalue weighted by Crippen LogP contribution is -2.21. The van der Waals surface area contributed by atoms with Gasteiger partial charge in [0, 0.05) is 15.4 Å². The second-order valence-electron chi connectivity index (χ2n) is 9.62. The van der Waals surface area contributed by atoms with Crippen LogP contribution in [-0.4, -0.2) is 18.5 Å². The fraction of sp³-hybridized carbons (Fsp3) is 0.273. The molecule has 0 saturated carbocycles. The van der Waals surface area contributed by atoms with Gasteiger partial charge in [-0.15, -0.1) is 0 Å². The van der Waals surface area contributed by atoms with Gasteiger partial charge in [0.15, 0.2) is 0 Å². The maximum atomic E-state index is 10.7. The van der Waals surface area contributed by atoms with Gasteiger partial charge in [-0.25, -0.2) is 0 Å². The third kappa shape index (κ3) is 9.76. The fourth-order valence-electron chi connectivity index (χ4n) is 4.22. The summed E-state index contributed by atoms with van der Waals surface area (Å²) in [7, 11) is -5.84. The molecule has 0 atom stereocenters. The Bertz CT molecular complexity index is 1470. The van der Waals surface area contributed by atoms with E-state index in [2.05, 4.69) is 111 Å². The van der Waals surface area contributed by atoms with Crippen molar-refractivity contribution in [1.29, 1.82) is 0 Å². The molecule has 0 amide bonds. The van der Waals surface area contributed by atoms with E-state index < -0.39 is 15.6 Å². The predicted molar refractivity (Wildman–Crippen MR) is 163 cm³/mol. The zero-order valence-corrected chi connectivity index (χ0v) is 24.8. The first-order valence-corrected chi connectivity index (χ1v) is 15.9. The van der Waals surface area contributed by atoms with Crippen molar-refractivity contribution in [3.63, 3.8) is 0 Å². The minimum atomic E-state index is -5.84. The second-order valence-corrected chi connectivity index (χ2v) is 12.1. The van der Waals surface area contributed by atoms with Crippen molar-refractivity contribution in [2.75, 3.05) is 0 Å². The maximum absolute atomic E-state index is 10.7. The second kappa shape index (κ2) is 15.2. The number of alkyl halides is 3. The third-order valence-corrected chi connectivity index (χ3v) is 8.09. The van der Waals surface area contributed by atoms with Crippen molar-refractivity contribution in [2.24, 2.45) is 0 Å². The summed E-state index contributed by atoms with van der Waals surface area (Å²) in [6, 6.07) is 35.9. The number of unbranched alkanes of at least 4 members (excludes halogenated alkanes) is 2. The summed E-state index contributed by atoms with van der Waals surface area (Å²) in [5.41, 5.74) is 2.53. The van der Waals surface area contributed by atoms with Gasteiger partial charge in [0.1, 0.15) is 0 Å². The zero-order valence-electron chi connectivity index (χ0n) is 23.2. The van der Waals surface area contributed by atoms with Gasteiger partial charge in [-0.2, -0.15) is 21.6 Å². The van der Waals surface area contributed by atoms with E-state index in [0.29, 0.717) is 0 Å². The van der Waals surface area contributed by atoms with Crippen molar-refractivity contribution in [3.05, 3.63) is 108 Å². The first-order chi connectivity index (χ1) is 19.5. The molecule has 4 aromatic rings. The van der Waals surface area contributed by atoms with Crippen LogP contribution in [-0.2, 0) is 23.0 Å². The molecule has 41 heavy (non-hydrogen) atoms. The van der Waals surface area contributed by atoms with Crippen LogP contribution < -0.4 is 0 Å². The molecular formula is C33H35F3O3S2. The number of hydrogen-bond donors (Lipinski definition) is 1. The fourth-order valence-corrected chi connectivity index (χ4v) is 5.24. The molecular weight excluding hydrogens is 565 g/mol. The molecule has 0 radical (unpaired) electrons. The first kappa shape index (κ1) is 32.4. The minimum Gasteiger partial charge on any atom is -0.279 e. The minimum absolute atomic E-state index is 1.16. The molecule has 218 valence electrons. The highest BCUT2D eigenvalue weighted by molar-refractivity contribution is 7.99. The summed E-state index contributed by atoms with van der Waals surface area (Å²) in [5, 5.41) is 0. The van der Waals surface area contributed by atoms with Crippen molar-refractivity contribution in [2.45, 2.75) is 67.7 Å². The molecule has 0 saturated heterocycles. The van der Waals surface area contributed by atoms with Gasteiger partial charge >= 0.3 is 15.6 Å². The van der Waals surface area contributed by atoms with Gasteiger partial charge in [-0.05, 0) is 71.7 Å². The highest BCUT2D eigenvalue weighted by atomic mass is 32.2. The lowest BCUT2D eigenvalue weighted by molar-refractivity contribution is -0.0510. The molecule has 4 aromatic carbocycles. The Kier molecular flexibility index (Phi) is 12.1. The molecule has 3 nitrogen and oxygen atoms in total. The number of hydrogen-bond acceptors (Lipinski definition) is 3. The zero-order chi connectivity index (χ0) is 29.9. The van der Waals surface area contributed by atoms with E-state index in [0.717, 1.165) is 12.8 Å². The van der Waals surface area contributed by atoms with E-state index in [-0.39, 0.29) is 0 Å². The molecule has 8 heteroatoms. The summed E-state index contributed by atoms with van der Waals surface area (Å²) in [6.07, 6.45) is 7.28. The van der Waals surface area contributed by atoms with Gasteiger partial charge in [0.2, 0.25) is 0 Å². The molecule has 0 spiro atoms. The van der Waals surface area contributed by atoms with Crippen molar-refractivity contribution >= 4 is 21.9 Å². The van der Waals surface area contributed by atoms with E-state index in [9.17, 15) is 13.2 Å². The molecule has 0 bridgehead atoms. The van der Waals surface area contributed by atoms with E-state index in [4.69, 9.17) is 13.0 Å². The summed E-state index contributed by atoms with van der Waals surface area (Å²) in [4.78, 5) is 2.57. The average Bonchev–Trinajstić information content (AvgIpc) is 2.95. The van der Waals surface area contributed by atoms with Crippen LogP contribution in [0.1, 0.15) is 50.7 Å². The summed E-state index contributed by atoms with van der Waals surface area (Å²) in [6.45, 7) is 4.51. The molecule has 0 aliphatic heterocycles. The predicted octanol–water partition coefficient (Wildman–Crippen LogP) is 10.3. The molecule has 0 heterocycles. The molecule has 4 rings (SSSR count). The largest absolute Gasteiger partial charge is 0.522 e. The van der Waals surface area contributed by atoms with Gasteiger partial charge in [0.05, 0.1) is 0 Å². The van der Waals surface area contributed by atoms with E-state index in [1.54, 1.807) is 0 Å². The number of aryl methyl sites for hydroxylation is 2. The van der Waals surface area contributed by atoms with Gasteiger partial charge < -0.3 is 0 Å². The lowest BCUT2D eigenvalue weighted by Gasteiger charge is -2.16. The Balaban J connectivity index is 0.000000507. The van der Waals surface area contributed by atoms with Crippen LogP contribution in [0.3, 0.4) is 0 Å². The van der Waals surface area contributed by atoms with Gasteiger partial charge in [-0.1, -0.05) is 117 Å². The smallest absolute Gasteiger partial charge is 0.279 e.